The number of rotatable bonds is 5. The zero-order valence-electron chi connectivity index (χ0n) is 27.5. The Balaban J connectivity index is 1.19. The van der Waals surface area contributed by atoms with Crippen molar-refractivity contribution in [2.45, 2.75) is 0 Å². The highest BCUT2D eigenvalue weighted by atomic mass is 16.3. The second-order valence-corrected chi connectivity index (χ2v) is 12.8. The third-order valence-electron chi connectivity index (χ3n) is 9.69. The summed E-state index contributed by atoms with van der Waals surface area (Å²) in [5.41, 5.74) is 8.93. The summed E-state index contributed by atoms with van der Waals surface area (Å²) in [4.78, 5) is 15.4. The Morgan fingerprint density at radius 2 is 0.902 bits per heavy atom. The quantitative estimate of drug-likeness (QED) is 0.186. The van der Waals surface area contributed by atoms with Gasteiger partial charge in [0.2, 0.25) is 0 Å². The highest BCUT2D eigenvalue weighted by Gasteiger charge is 2.19. The smallest absolute Gasteiger partial charge is 0.164 e. The van der Waals surface area contributed by atoms with Crippen LogP contribution in [0.1, 0.15) is 0 Å². The fraction of sp³-hybridized carbons (Fsp3) is 0. The lowest BCUT2D eigenvalue weighted by molar-refractivity contribution is 0.670. The molecule has 10 rings (SSSR count). The van der Waals surface area contributed by atoms with Crippen molar-refractivity contribution < 1.29 is 4.42 Å². The molecule has 0 N–H and O–H groups in total. The minimum atomic E-state index is 0.604. The summed E-state index contributed by atoms with van der Waals surface area (Å²) < 4.78 is 6.59. The van der Waals surface area contributed by atoms with Gasteiger partial charge in [-0.25, -0.2) is 15.0 Å². The van der Waals surface area contributed by atoms with Crippen molar-refractivity contribution in [3.63, 3.8) is 0 Å². The molecule has 0 aliphatic carbocycles. The van der Waals surface area contributed by atoms with Crippen LogP contribution in [0.15, 0.2) is 180 Å². The Bertz CT molecular complexity index is 2910. The van der Waals surface area contributed by atoms with E-state index in [1.807, 2.05) is 48.5 Å². The summed E-state index contributed by atoms with van der Waals surface area (Å²) in [5.74, 6) is 1.85. The topological polar surface area (TPSA) is 51.8 Å². The van der Waals surface area contributed by atoms with Crippen molar-refractivity contribution in [2.24, 2.45) is 0 Å². The molecule has 0 saturated heterocycles. The van der Waals surface area contributed by atoms with Crippen molar-refractivity contribution in [3.05, 3.63) is 176 Å². The molecule has 0 aliphatic rings. The fourth-order valence-electron chi connectivity index (χ4n) is 7.16. The van der Waals surface area contributed by atoms with Crippen molar-refractivity contribution >= 4 is 43.5 Å². The van der Waals surface area contributed by atoms with Crippen molar-refractivity contribution in [3.8, 4) is 56.4 Å². The molecule has 51 heavy (non-hydrogen) atoms. The summed E-state index contributed by atoms with van der Waals surface area (Å²) in [6, 6.07) is 61.1. The number of furan rings is 1. The Kier molecular flexibility index (Phi) is 6.78. The van der Waals surface area contributed by atoms with Crippen LogP contribution in [0.2, 0.25) is 0 Å². The first-order valence-corrected chi connectivity index (χ1v) is 17.1. The van der Waals surface area contributed by atoms with Crippen LogP contribution in [-0.2, 0) is 0 Å². The van der Waals surface area contributed by atoms with E-state index >= 15 is 0 Å². The monoisotopic (exact) mass is 651 g/mol. The maximum Gasteiger partial charge on any atom is 0.164 e. The second-order valence-electron chi connectivity index (χ2n) is 12.8. The summed E-state index contributed by atoms with van der Waals surface area (Å²) in [7, 11) is 0. The number of hydrogen-bond acceptors (Lipinski definition) is 4. The number of fused-ring (bicyclic) bond motifs is 5. The van der Waals surface area contributed by atoms with Crippen LogP contribution in [-0.4, -0.2) is 15.0 Å². The largest absolute Gasteiger partial charge is 0.455 e. The van der Waals surface area contributed by atoms with E-state index in [2.05, 4.69) is 127 Å². The summed E-state index contributed by atoms with van der Waals surface area (Å²) in [6.07, 6.45) is 0. The zero-order valence-corrected chi connectivity index (χ0v) is 27.5. The lowest BCUT2D eigenvalue weighted by Gasteiger charge is -2.12. The van der Waals surface area contributed by atoms with Gasteiger partial charge >= 0.3 is 0 Å². The van der Waals surface area contributed by atoms with E-state index in [1.165, 1.54) is 16.5 Å². The minimum absolute atomic E-state index is 0.604. The molecule has 0 saturated carbocycles. The molecule has 4 nitrogen and oxygen atoms in total. The molecule has 0 atom stereocenters. The molecule has 0 unspecified atom stereocenters. The molecule has 0 amide bonds. The van der Waals surface area contributed by atoms with E-state index in [-0.39, 0.29) is 0 Å². The van der Waals surface area contributed by atoms with Crippen molar-refractivity contribution in [1.82, 2.24) is 15.0 Å². The predicted octanol–water partition coefficient (Wildman–Crippen LogP) is 12.4. The Morgan fingerprint density at radius 3 is 1.69 bits per heavy atom. The van der Waals surface area contributed by atoms with Crippen LogP contribution in [0, 0.1) is 0 Å². The van der Waals surface area contributed by atoms with Gasteiger partial charge in [0, 0.05) is 33.0 Å². The number of benzene rings is 8. The molecule has 238 valence electrons. The highest BCUT2D eigenvalue weighted by molar-refractivity contribution is 6.13. The molecule has 10 aromatic rings. The first kappa shape index (κ1) is 29.0. The molecule has 8 aromatic carbocycles. The molecular formula is C47H29N3O. The van der Waals surface area contributed by atoms with Gasteiger partial charge in [0.15, 0.2) is 17.5 Å². The van der Waals surface area contributed by atoms with Gasteiger partial charge in [0.1, 0.15) is 11.2 Å². The Labute approximate surface area is 294 Å². The molecule has 2 heterocycles. The Hall–Kier alpha value is -6.91. The third-order valence-corrected chi connectivity index (χ3v) is 9.69. The normalized spacial score (nSPS) is 11.5. The second kappa shape index (κ2) is 11.9. The van der Waals surface area contributed by atoms with Gasteiger partial charge in [-0.3, -0.25) is 0 Å². The fourth-order valence-corrected chi connectivity index (χ4v) is 7.16. The molecule has 0 aliphatic heterocycles. The minimum Gasteiger partial charge on any atom is -0.455 e. The van der Waals surface area contributed by atoms with E-state index in [1.54, 1.807) is 0 Å². The van der Waals surface area contributed by atoms with E-state index in [4.69, 9.17) is 19.4 Å². The maximum atomic E-state index is 6.59. The standard InChI is InChI=1S/C47H29N3O/c1-3-12-30(13-4-1)33-22-23-35-27-36(25-24-34(35)26-33)46-48-45(32-15-5-2-6-16-32)49-47(50-46)37-28-41(39-20-11-17-31-14-7-8-18-38(31)39)44-42(29-37)40-19-9-10-21-43(40)51-44/h1-29H. The summed E-state index contributed by atoms with van der Waals surface area (Å²) in [5, 5.41) is 6.69. The van der Waals surface area contributed by atoms with E-state index in [0.717, 1.165) is 65.9 Å². The van der Waals surface area contributed by atoms with Gasteiger partial charge in [0.05, 0.1) is 0 Å². The van der Waals surface area contributed by atoms with Gasteiger partial charge in [-0.1, -0.05) is 146 Å². The highest BCUT2D eigenvalue weighted by Crippen LogP contribution is 2.41. The maximum absolute atomic E-state index is 6.59. The van der Waals surface area contributed by atoms with Crippen LogP contribution in [0.5, 0.6) is 0 Å². The lowest BCUT2D eigenvalue weighted by atomic mass is 9.94. The van der Waals surface area contributed by atoms with Gasteiger partial charge in [0.25, 0.3) is 0 Å². The third kappa shape index (κ3) is 5.13. The predicted molar refractivity (Wildman–Crippen MR) is 209 cm³/mol. The van der Waals surface area contributed by atoms with Crippen LogP contribution < -0.4 is 0 Å². The van der Waals surface area contributed by atoms with Crippen LogP contribution in [0.4, 0.5) is 0 Å². The average Bonchev–Trinajstić information content (AvgIpc) is 3.59. The van der Waals surface area contributed by atoms with Crippen molar-refractivity contribution in [1.29, 1.82) is 0 Å². The molecule has 2 aromatic heterocycles. The summed E-state index contributed by atoms with van der Waals surface area (Å²) in [6.45, 7) is 0. The lowest BCUT2D eigenvalue weighted by Crippen LogP contribution is -2.00. The molecule has 0 spiro atoms. The van der Waals surface area contributed by atoms with Crippen LogP contribution in [0.25, 0.3) is 99.9 Å². The Morgan fingerprint density at radius 1 is 0.314 bits per heavy atom. The molecule has 0 fully saturated rings. The van der Waals surface area contributed by atoms with Gasteiger partial charge < -0.3 is 4.42 Å². The number of para-hydroxylation sites is 1. The number of hydrogen-bond donors (Lipinski definition) is 0. The van der Waals surface area contributed by atoms with Crippen molar-refractivity contribution in [2.75, 3.05) is 0 Å². The SMILES string of the molecule is c1ccc(-c2ccc3cc(-c4nc(-c5ccccc5)nc(-c5cc(-c6cccc7ccccc67)c6oc7ccccc7c6c5)n4)ccc3c2)cc1. The summed E-state index contributed by atoms with van der Waals surface area (Å²) >= 11 is 0. The van der Waals surface area contributed by atoms with Gasteiger partial charge in [-0.15, -0.1) is 0 Å². The first-order valence-electron chi connectivity index (χ1n) is 17.1. The van der Waals surface area contributed by atoms with E-state index < -0.39 is 0 Å². The number of nitrogens with zero attached hydrogens (tertiary/aromatic N) is 3. The molecule has 0 bridgehead atoms. The first-order chi connectivity index (χ1) is 25.2. The van der Waals surface area contributed by atoms with E-state index in [0.29, 0.717) is 17.5 Å². The molecular weight excluding hydrogens is 623 g/mol. The zero-order chi connectivity index (χ0) is 33.7. The van der Waals surface area contributed by atoms with Gasteiger partial charge in [-0.2, -0.15) is 0 Å². The van der Waals surface area contributed by atoms with Crippen LogP contribution in [0.3, 0.4) is 0 Å². The molecule has 0 radical (unpaired) electrons. The van der Waals surface area contributed by atoms with Crippen LogP contribution >= 0.6 is 0 Å². The van der Waals surface area contributed by atoms with Gasteiger partial charge in [-0.05, 0) is 68.6 Å². The average molecular weight is 652 g/mol. The van der Waals surface area contributed by atoms with E-state index in [9.17, 15) is 0 Å². The molecule has 4 heteroatoms. The number of aromatic nitrogens is 3.